The summed E-state index contributed by atoms with van der Waals surface area (Å²) in [5.74, 6) is 2.65. The summed E-state index contributed by atoms with van der Waals surface area (Å²) in [4.78, 5) is 7.52. The normalized spacial score (nSPS) is 29.2. The molecule has 2 aliphatic rings. The predicted molar refractivity (Wildman–Crippen MR) is 115 cm³/mol. The largest absolute Gasteiger partial charge is 0.357 e. The number of nitrogens with one attached hydrogen (secondary N) is 2. The van der Waals surface area contributed by atoms with Crippen molar-refractivity contribution < 1.29 is 0 Å². The van der Waals surface area contributed by atoms with Gasteiger partial charge in [0.1, 0.15) is 0 Å². The molecule has 0 amide bonds. The number of nitrogens with zero attached hydrogens (tertiary/aromatic N) is 2. The molecule has 0 bridgehead atoms. The molecule has 2 rings (SSSR count). The highest BCUT2D eigenvalue weighted by atomic mass is 127. The number of hydrogen-bond donors (Lipinski definition) is 2. The van der Waals surface area contributed by atoms with Gasteiger partial charge in [0, 0.05) is 31.7 Å². The first-order valence-electron chi connectivity index (χ1n) is 9.87. The number of aliphatic imine (C=N–C) groups is 1. The summed E-state index contributed by atoms with van der Waals surface area (Å²) in [6.07, 6.45) is 7.92. The van der Waals surface area contributed by atoms with Crippen LogP contribution in [0.15, 0.2) is 4.99 Å². The molecule has 1 saturated heterocycles. The van der Waals surface area contributed by atoms with E-state index in [0.29, 0.717) is 18.0 Å². The van der Waals surface area contributed by atoms with Crippen LogP contribution in [0, 0.1) is 11.8 Å². The molecule has 0 radical (unpaired) electrons. The van der Waals surface area contributed by atoms with Gasteiger partial charge in [-0.2, -0.15) is 0 Å². The van der Waals surface area contributed by atoms with E-state index >= 15 is 0 Å². The minimum atomic E-state index is 0. The van der Waals surface area contributed by atoms with E-state index in [2.05, 4.69) is 43.2 Å². The molecule has 1 aliphatic heterocycles. The molecule has 1 unspecified atom stereocenters. The third-order valence-electron chi connectivity index (χ3n) is 5.49. The van der Waals surface area contributed by atoms with Crippen molar-refractivity contribution in [3.8, 4) is 0 Å². The van der Waals surface area contributed by atoms with E-state index in [9.17, 15) is 0 Å². The Morgan fingerprint density at radius 1 is 1.17 bits per heavy atom. The lowest BCUT2D eigenvalue weighted by Gasteiger charge is -2.35. The quantitative estimate of drug-likeness (QED) is 0.380. The van der Waals surface area contributed by atoms with Crippen molar-refractivity contribution in [2.75, 3.05) is 26.2 Å². The molecule has 2 fully saturated rings. The molecule has 1 saturated carbocycles. The fraction of sp³-hybridized carbons (Fsp3) is 0.947. The minimum Gasteiger partial charge on any atom is -0.357 e. The second-order valence-electron chi connectivity index (χ2n) is 7.92. The Labute approximate surface area is 166 Å². The summed E-state index contributed by atoms with van der Waals surface area (Å²) in [7, 11) is 0. The van der Waals surface area contributed by atoms with Crippen molar-refractivity contribution in [1.82, 2.24) is 15.5 Å². The fourth-order valence-electron chi connectivity index (χ4n) is 3.85. The van der Waals surface area contributed by atoms with Crippen LogP contribution in [-0.4, -0.2) is 49.1 Å². The van der Waals surface area contributed by atoms with Gasteiger partial charge in [0.25, 0.3) is 0 Å². The van der Waals surface area contributed by atoms with E-state index in [0.717, 1.165) is 25.0 Å². The van der Waals surface area contributed by atoms with Crippen molar-refractivity contribution in [3.05, 3.63) is 0 Å². The zero-order chi connectivity index (χ0) is 16.7. The Balaban J connectivity index is 0.00000288. The Morgan fingerprint density at radius 3 is 2.50 bits per heavy atom. The molecule has 4 nitrogen and oxygen atoms in total. The second-order valence-corrected chi connectivity index (χ2v) is 7.92. The number of guanidine groups is 1. The molecule has 0 aromatic heterocycles. The number of piperidine rings is 1. The van der Waals surface area contributed by atoms with Crippen LogP contribution in [-0.2, 0) is 0 Å². The van der Waals surface area contributed by atoms with Crippen molar-refractivity contribution in [3.63, 3.8) is 0 Å². The maximum atomic E-state index is 4.91. The van der Waals surface area contributed by atoms with Crippen molar-refractivity contribution in [2.24, 2.45) is 16.8 Å². The average Bonchev–Trinajstić information content (AvgIpc) is 2.55. The molecule has 1 heterocycles. The molecule has 0 spiro atoms. The fourth-order valence-corrected chi connectivity index (χ4v) is 3.85. The zero-order valence-corrected chi connectivity index (χ0v) is 18.5. The van der Waals surface area contributed by atoms with E-state index in [-0.39, 0.29) is 24.0 Å². The lowest BCUT2D eigenvalue weighted by atomic mass is 9.87. The summed E-state index contributed by atoms with van der Waals surface area (Å²) < 4.78 is 0. The Kier molecular flexibility index (Phi) is 10.6. The summed E-state index contributed by atoms with van der Waals surface area (Å²) in [6, 6.07) is 1.28. The van der Waals surface area contributed by atoms with Gasteiger partial charge < -0.3 is 15.5 Å². The second kappa shape index (κ2) is 11.6. The van der Waals surface area contributed by atoms with Crippen LogP contribution in [0.4, 0.5) is 0 Å². The monoisotopic (exact) mass is 450 g/mol. The van der Waals surface area contributed by atoms with Crippen LogP contribution in [0.1, 0.15) is 66.2 Å². The van der Waals surface area contributed by atoms with Crippen LogP contribution in [0.3, 0.4) is 0 Å². The molecule has 24 heavy (non-hydrogen) atoms. The van der Waals surface area contributed by atoms with E-state index in [1.807, 2.05) is 0 Å². The van der Waals surface area contributed by atoms with Gasteiger partial charge in [-0.25, -0.2) is 0 Å². The summed E-state index contributed by atoms with van der Waals surface area (Å²) in [5.41, 5.74) is 0. The molecule has 5 heteroatoms. The van der Waals surface area contributed by atoms with Gasteiger partial charge in [0.2, 0.25) is 0 Å². The average molecular weight is 450 g/mol. The van der Waals surface area contributed by atoms with E-state index in [1.165, 1.54) is 51.6 Å². The van der Waals surface area contributed by atoms with E-state index < -0.39 is 0 Å². The molecule has 2 N–H and O–H groups in total. The van der Waals surface area contributed by atoms with Crippen molar-refractivity contribution >= 4 is 29.9 Å². The van der Waals surface area contributed by atoms with Crippen LogP contribution in [0.2, 0.25) is 0 Å². The van der Waals surface area contributed by atoms with Crippen LogP contribution in [0.25, 0.3) is 0 Å². The number of hydrogen-bond acceptors (Lipinski definition) is 2. The summed E-state index contributed by atoms with van der Waals surface area (Å²) in [6.45, 7) is 13.5. The predicted octanol–water partition coefficient (Wildman–Crippen LogP) is 3.86. The first-order chi connectivity index (χ1) is 11.1. The SMILES string of the molecule is CCNC(=NCC1CCCN(C(C)C)C1)NC1CCC(C)CC1.I. The first-order valence-corrected chi connectivity index (χ1v) is 9.87. The van der Waals surface area contributed by atoms with Gasteiger partial charge in [0.15, 0.2) is 5.96 Å². The highest BCUT2D eigenvalue weighted by molar-refractivity contribution is 14.0. The molecule has 0 aromatic carbocycles. The lowest BCUT2D eigenvalue weighted by molar-refractivity contribution is 0.143. The Bertz CT molecular complexity index is 364. The minimum absolute atomic E-state index is 0. The maximum Gasteiger partial charge on any atom is 0.191 e. The maximum absolute atomic E-state index is 4.91. The Morgan fingerprint density at radius 2 is 1.88 bits per heavy atom. The molecular formula is C19H39IN4. The van der Waals surface area contributed by atoms with Gasteiger partial charge in [0.05, 0.1) is 0 Å². The summed E-state index contributed by atoms with van der Waals surface area (Å²) in [5, 5.41) is 7.12. The van der Waals surface area contributed by atoms with Crippen LogP contribution in [0.5, 0.6) is 0 Å². The highest BCUT2D eigenvalue weighted by Crippen LogP contribution is 2.23. The molecule has 0 aromatic rings. The number of halogens is 1. The van der Waals surface area contributed by atoms with Gasteiger partial charge in [-0.1, -0.05) is 6.92 Å². The standard InChI is InChI=1S/C19H38N4.HI/c1-5-20-19(22-18-10-8-16(4)9-11-18)21-13-17-7-6-12-23(14-17)15(2)3;/h15-18H,5-14H2,1-4H3,(H2,20,21,22);1H. The molecular weight excluding hydrogens is 411 g/mol. The van der Waals surface area contributed by atoms with Gasteiger partial charge in [-0.3, -0.25) is 4.99 Å². The number of likely N-dealkylation sites (tertiary alicyclic amines) is 1. The van der Waals surface area contributed by atoms with Crippen molar-refractivity contribution in [2.45, 2.75) is 78.3 Å². The Hall–Kier alpha value is -0.0400. The highest BCUT2D eigenvalue weighted by Gasteiger charge is 2.22. The third kappa shape index (κ3) is 7.46. The van der Waals surface area contributed by atoms with Crippen LogP contribution >= 0.6 is 24.0 Å². The first kappa shape index (κ1) is 22.0. The summed E-state index contributed by atoms with van der Waals surface area (Å²) >= 11 is 0. The van der Waals surface area contributed by atoms with Crippen molar-refractivity contribution in [1.29, 1.82) is 0 Å². The van der Waals surface area contributed by atoms with Gasteiger partial charge >= 0.3 is 0 Å². The topological polar surface area (TPSA) is 39.7 Å². The number of rotatable bonds is 5. The molecule has 1 aliphatic carbocycles. The molecule has 142 valence electrons. The zero-order valence-electron chi connectivity index (χ0n) is 16.2. The third-order valence-corrected chi connectivity index (χ3v) is 5.49. The lowest BCUT2D eigenvalue weighted by Crippen LogP contribution is -2.45. The van der Waals surface area contributed by atoms with Crippen LogP contribution < -0.4 is 10.6 Å². The van der Waals surface area contributed by atoms with E-state index in [4.69, 9.17) is 4.99 Å². The molecule has 1 atom stereocenters. The van der Waals surface area contributed by atoms with E-state index in [1.54, 1.807) is 0 Å². The van der Waals surface area contributed by atoms with Gasteiger partial charge in [-0.05, 0) is 77.7 Å². The van der Waals surface area contributed by atoms with Gasteiger partial charge in [-0.15, -0.1) is 24.0 Å². The smallest absolute Gasteiger partial charge is 0.191 e.